The van der Waals surface area contributed by atoms with Crippen molar-refractivity contribution in [1.29, 1.82) is 0 Å². The zero-order chi connectivity index (χ0) is 25.5. The van der Waals surface area contributed by atoms with E-state index in [0.717, 1.165) is 41.2 Å². The standard InChI is InChI=1S/C29H37N3O4/c1-4-9-28(34)35-20-25(33)18-31(17-23-14-15-23)19-27-22(3)30-32(24-11-6-5-7-12-24)29(27)36-26-13-8-10-21(2)16-26/h5-8,10-13,16,23,25,33H,4,9,14-15,17-20H2,1-3H3. The normalized spacial score (nSPS) is 14.1. The van der Waals surface area contributed by atoms with Gasteiger partial charge in [0.25, 0.3) is 0 Å². The van der Waals surface area contributed by atoms with E-state index < -0.39 is 6.10 Å². The van der Waals surface area contributed by atoms with E-state index in [0.29, 0.717) is 31.3 Å². The van der Waals surface area contributed by atoms with E-state index in [1.807, 2.05) is 80.1 Å². The van der Waals surface area contributed by atoms with Crippen molar-refractivity contribution in [3.8, 4) is 17.3 Å². The van der Waals surface area contributed by atoms with Crippen LogP contribution in [0, 0.1) is 19.8 Å². The Hall–Kier alpha value is -3.16. The van der Waals surface area contributed by atoms with Gasteiger partial charge in [-0.2, -0.15) is 5.10 Å². The second-order valence-corrected chi connectivity index (χ2v) is 9.76. The molecule has 1 N–H and O–H groups in total. The van der Waals surface area contributed by atoms with Crippen molar-refractivity contribution in [3.05, 3.63) is 71.4 Å². The SMILES string of the molecule is CCCC(=O)OCC(O)CN(Cc1c(C)nn(-c2ccccc2)c1Oc1cccc(C)c1)CC1CC1. The Kier molecular flexibility index (Phi) is 8.78. The molecule has 1 aliphatic carbocycles. The van der Waals surface area contributed by atoms with Gasteiger partial charge in [-0.3, -0.25) is 9.69 Å². The van der Waals surface area contributed by atoms with Crippen LogP contribution in [-0.4, -0.2) is 51.6 Å². The molecule has 1 fully saturated rings. The van der Waals surface area contributed by atoms with Crippen molar-refractivity contribution in [2.24, 2.45) is 5.92 Å². The van der Waals surface area contributed by atoms with Crippen molar-refractivity contribution in [1.82, 2.24) is 14.7 Å². The predicted molar refractivity (Wildman–Crippen MR) is 139 cm³/mol. The minimum absolute atomic E-state index is 0.00884. The van der Waals surface area contributed by atoms with E-state index in [9.17, 15) is 9.90 Å². The lowest BCUT2D eigenvalue weighted by atomic mass is 10.2. The molecule has 192 valence electrons. The van der Waals surface area contributed by atoms with Crippen LogP contribution < -0.4 is 4.74 Å². The molecule has 4 rings (SSSR count). The molecule has 1 unspecified atom stereocenters. The Morgan fingerprint density at radius 3 is 2.64 bits per heavy atom. The fraction of sp³-hybridized carbons (Fsp3) is 0.448. The Labute approximate surface area is 213 Å². The first-order valence-electron chi connectivity index (χ1n) is 12.9. The number of aryl methyl sites for hydroxylation is 2. The van der Waals surface area contributed by atoms with Crippen molar-refractivity contribution in [2.75, 3.05) is 19.7 Å². The lowest BCUT2D eigenvalue weighted by molar-refractivity contribution is -0.147. The number of benzene rings is 2. The summed E-state index contributed by atoms with van der Waals surface area (Å²) in [5, 5.41) is 15.5. The number of aromatic nitrogens is 2. The smallest absolute Gasteiger partial charge is 0.305 e. The summed E-state index contributed by atoms with van der Waals surface area (Å²) in [5.41, 5.74) is 3.90. The molecule has 1 aliphatic rings. The number of para-hydroxylation sites is 1. The van der Waals surface area contributed by atoms with Gasteiger partial charge in [-0.15, -0.1) is 0 Å². The monoisotopic (exact) mass is 491 g/mol. The average molecular weight is 492 g/mol. The van der Waals surface area contributed by atoms with Gasteiger partial charge in [0.05, 0.1) is 16.9 Å². The summed E-state index contributed by atoms with van der Waals surface area (Å²) in [5.74, 6) is 1.79. The van der Waals surface area contributed by atoms with E-state index in [2.05, 4.69) is 4.90 Å². The third-order valence-corrected chi connectivity index (χ3v) is 6.30. The van der Waals surface area contributed by atoms with E-state index in [-0.39, 0.29) is 12.6 Å². The van der Waals surface area contributed by atoms with Gasteiger partial charge in [0.2, 0.25) is 5.88 Å². The number of rotatable bonds is 13. The highest BCUT2D eigenvalue weighted by Gasteiger charge is 2.28. The van der Waals surface area contributed by atoms with Gasteiger partial charge >= 0.3 is 5.97 Å². The summed E-state index contributed by atoms with van der Waals surface area (Å²) in [7, 11) is 0. The highest BCUT2D eigenvalue weighted by molar-refractivity contribution is 5.69. The van der Waals surface area contributed by atoms with Crippen LogP contribution in [0.15, 0.2) is 54.6 Å². The number of aliphatic hydroxyl groups excluding tert-OH is 1. The zero-order valence-corrected chi connectivity index (χ0v) is 21.5. The van der Waals surface area contributed by atoms with Crippen molar-refractivity contribution in [3.63, 3.8) is 0 Å². The number of hydrogen-bond acceptors (Lipinski definition) is 6. The average Bonchev–Trinajstić information content (AvgIpc) is 3.63. The van der Waals surface area contributed by atoms with Crippen LogP contribution in [0.5, 0.6) is 11.6 Å². The molecule has 0 spiro atoms. The van der Waals surface area contributed by atoms with Crippen LogP contribution in [0.1, 0.15) is 49.4 Å². The van der Waals surface area contributed by atoms with Crippen LogP contribution in [-0.2, 0) is 16.1 Å². The zero-order valence-electron chi connectivity index (χ0n) is 21.5. The lowest BCUT2D eigenvalue weighted by Gasteiger charge is -2.25. The van der Waals surface area contributed by atoms with E-state index in [1.165, 1.54) is 12.8 Å². The molecular weight excluding hydrogens is 454 g/mol. The summed E-state index contributed by atoms with van der Waals surface area (Å²) in [4.78, 5) is 14.0. The van der Waals surface area contributed by atoms with Crippen molar-refractivity contribution >= 4 is 5.97 Å². The number of aliphatic hydroxyl groups is 1. The molecule has 1 heterocycles. The van der Waals surface area contributed by atoms with Gasteiger partial charge in [0, 0.05) is 26.1 Å². The van der Waals surface area contributed by atoms with Crippen LogP contribution >= 0.6 is 0 Å². The molecule has 0 radical (unpaired) electrons. The Balaban J connectivity index is 1.59. The van der Waals surface area contributed by atoms with Gasteiger partial charge in [-0.25, -0.2) is 4.68 Å². The van der Waals surface area contributed by atoms with Crippen LogP contribution in [0.2, 0.25) is 0 Å². The molecule has 3 aromatic rings. The second-order valence-electron chi connectivity index (χ2n) is 9.76. The van der Waals surface area contributed by atoms with Gasteiger partial charge in [-0.1, -0.05) is 37.3 Å². The van der Waals surface area contributed by atoms with Crippen molar-refractivity contribution in [2.45, 2.75) is 59.1 Å². The molecule has 1 atom stereocenters. The second kappa shape index (κ2) is 12.2. The minimum atomic E-state index is -0.754. The van der Waals surface area contributed by atoms with Crippen LogP contribution in [0.25, 0.3) is 5.69 Å². The van der Waals surface area contributed by atoms with Gasteiger partial charge < -0.3 is 14.6 Å². The minimum Gasteiger partial charge on any atom is -0.463 e. The molecule has 0 aliphatic heterocycles. The van der Waals surface area contributed by atoms with Gasteiger partial charge in [0.1, 0.15) is 18.5 Å². The Bertz CT molecular complexity index is 1140. The maximum absolute atomic E-state index is 11.8. The van der Waals surface area contributed by atoms with Crippen LogP contribution in [0.4, 0.5) is 0 Å². The fourth-order valence-electron chi connectivity index (χ4n) is 4.27. The number of esters is 1. The summed E-state index contributed by atoms with van der Waals surface area (Å²) in [6, 6.07) is 18.0. The van der Waals surface area contributed by atoms with E-state index >= 15 is 0 Å². The predicted octanol–water partition coefficient (Wildman–Crippen LogP) is 5.20. The lowest BCUT2D eigenvalue weighted by Crippen LogP contribution is -2.36. The quantitative estimate of drug-likeness (QED) is 0.331. The summed E-state index contributed by atoms with van der Waals surface area (Å²) in [6.07, 6.45) is 2.75. The molecule has 7 heteroatoms. The van der Waals surface area contributed by atoms with Crippen molar-refractivity contribution < 1.29 is 19.4 Å². The summed E-state index contributed by atoms with van der Waals surface area (Å²) < 4.78 is 13.6. The molecule has 1 saturated carbocycles. The molecule has 7 nitrogen and oxygen atoms in total. The van der Waals surface area contributed by atoms with Gasteiger partial charge in [0.15, 0.2) is 0 Å². The highest BCUT2D eigenvalue weighted by Crippen LogP contribution is 2.34. The Morgan fingerprint density at radius 2 is 1.94 bits per heavy atom. The maximum Gasteiger partial charge on any atom is 0.305 e. The fourth-order valence-corrected chi connectivity index (χ4v) is 4.27. The first kappa shape index (κ1) is 25.9. The topological polar surface area (TPSA) is 76.8 Å². The third kappa shape index (κ3) is 7.18. The molecular formula is C29H37N3O4. The third-order valence-electron chi connectivity index (χ3n) is 6.30. The molecule has 2 aromatic carbocycles. The summed E-state index contributed by atoms with van der Waals surface area (Å²) in [6.45, 7) is 7.85. The number of carbonyl (C=O) groups excluding carboxylic acids is 1. The number of ether oxygens (including phenoxy) is 2. The van der Waals surface area contributed by atoms with E-state index in [1.54, 1.807) is 0 Å². The van der Waals surface area contributed by atoms with Crippen LogP contribution in [0.3, 0.4) is 0 Å². The number of hydrogen-bond donors (Lipinski definition) is 1. The maximum atomic E-state index is 11.8. The first-order valence-corrected chi connectivity index (χ1v) is 12.9. The highest BCUT2D eigenvalue weighted by atomic mass is 16.5. The van der Waals surface area contributed by atoms with Gasteiger partial charge in [-0.05, 0) is 68.9 Å². The largest absolute Gasteiger partial charge is 0.463 e. The Morgan fingerprint density at radius 1 is 1.17 bits per heavy atom. The molecule has 0 bridgehead atoms. The van der Waals surface area contributed by atoms with E-state index in [4.69, 9.17) is 14.6 Å². The molecule has 36 heavy (non-hydrogen) atoms. The first-order chi connectivity index (χ1) is 17.4. The molecule has 0 saturated heterocycles. The molecule has 0 amide bonds. The number of carbonyl (C=O) groups is 1. The summed E-state index contributed by atoms with van der Waals surface area (Å²) >= 11 is 0. The number of nitrogens with zero attached hydrogens (tertiary/aromatic N) is 3. The molecule has 1 aromatic heterocycles.